The van der Waals surface area contributed by atoms with E-state index in [2.05, 4.69) is 27.1 Å². The van der Waals surface area contributed by atoms with Gasteiger partial charge in [0.25, 0.3) is 0 Å². The maximum atomic E-state index is 12.0. The molecule has 0 saturated heterocycles. The molecule has 2 rings (SSSR count). The molecule has 23 heavy (non-hydrogen) atoms. The van der Waals surface area contributed by atoms with Gasteiger partial charge in [-0.15, -0.1) is 16.8 Å². The van der Waals surface area contributed by atoms with E-state index in [9.17, 15) is 4.79 Å². The third-order valence-electron chi connectivity index (χ3n) is 2.81. The topological polar surface area (TPSA) is 72.7 Å². The van der Waals surface area contributed by atoms with Crippen molar-refractivity contribution in [2.24, 2.45) is 0 Å². The highest BCUT2D eigenvalue weighted by Crippen LogP contribution is 2.23. The summed E-state index contributed by atoms with van der Waals surface area (Å²) in [6.07, 6.45) is 5.21. The monoisotopic (exact) mass is 331 g/mol. The minimum atomic E-state index is -0.241. The van der Waals surface area contributed by atoms with E-state index in [0.29, 0.717) is 17.5 Å². The van der Waals surface area contributed by atoms with Crippen molar-refractivity contribution < 1.29 is 4.79 Å². The third-order valence-corrected chi connectivity index (χ3v) is 3.78. The molecule has 2 aromatic heterocycles. The van der Waals surface area contributed by atoms with Crippen LogP contribution in [0.2, 0.25) is 0 Å². The summed E-state index contributed by atoms with van der Waals surface area (Å²) in [6, 6.07) is 3.76. The number of hydrogen-bond donors (Lipinski definition) is 1. The Morgan fingerprint density at radius 3 is 2.65 bits per heavy atom. The molecule has 0 bridgehead atoms. The smallest absolute Gasteiger partial charge is 0.230 e. The second kappa shape index (κ2) is 7.41. The van der Waals surface area contributed by atoms with Gasteiger partial charge in [0.2, 0.25) is 5.91 Å². The van der Waals surface area contributed by atoms with E-state index in [1.54, 1.807) is 18.5 Å². The van der Waals surface area contributed by atoms with Crippen molar-refractivity contribution in [3.8, 4) is 11.4 Å². The van der Waals surface area contributed by atoms with Gasteiger partial charge in [0, 0.05) is 30.0 Å². The summed E-state index contributed by atoms with van der Waals surface area (Å²) < 4.78 is 1.94. The van der Waals surface area contributed by atoms with Crippen LogP contribution in [0.1, 0.15) is 20.8 Å². The third kappa shape index (κ3) is 4.92. The van der Waals surface area contributed by atoms with E-state index in [4.69, 9.17) is 0 Å². The van der Waals surface area contributed by atoms with Crippen molar-refractivity contribution in [2.45, 2.75) is 38.0 Å². The van der Waals surface area contributed by atoms with Crippen LogP contribution in [0, 0.1) is 0 Å². The highest BCUT2D eigenvalue weighted by Gasteiger charge is 2.17. The van der Waals surface area contributed by atoms with Gasteiger partial charge in [-0.1, -0.05) is 17.8 Å². The zero-order chi connectivity index (χ0) is 16.9. The molecule has 0 saturated carbocycles. The lowest BCUT2D eigenvalue weighted by Crippen LogP contribution is -2.41. The Kier molecular flexibility index (Phi) is 5.54. The van der Waals surface area contributed by atoms with Crippen LogP contribution >= 0.6 is 11.8 Å². The fraction of sp³-hybridized carbons (Fsp3) is 0.375. The van der Waals surface area contributed by atoms with Crippen molar-refractivity contribution in [3.05, 3.63) is 37.2 Å². The number of aromatic nitrogens is 4. The SMILES string of the molecule is C=CCn1c(SCC(=O)NC(C)(C)C)nnc1-c1ccncc1. The molecule has 0 aliphatic rings. The normalized spacial score (nSPS) is 11.3. The van der Waals surface area contributed by atoms with Gasteiger partial charge in [0.15, 0.2) is 11.0 Å². The number of carbonyl (C=O) groups is 1. The van der Waals surface area contributed by atoms with E-state index in [1.165, 1.54) is 11.8 Å². The van der Waals surface area contributed by atoms with Gasteiger partial charge >= 0.3 is 0 Å². The fourth-order valence-corrected chi connectivity index (χ4v) is 2.74. The first-order chi connectivity index (χ1) is 10.9. The number of pyridine rings is 1. The van der Waals surface area contributed by atoms with Gasteiger partial charge in [-0.25, -0.2) is 0 Å². The molecule has 0 aliphatic heterocycles. The van der Waals surface area contributed by atoms with Crippen molar-refractivity contribution >= 4 is 17.7 Å². The molecule has 2 heterocycles. The predicted molar refractivity (Wildman–Crippen MR) is 92.1 cm³/mol. The van der Waals surface area contributed by atoms with Crippen molar-refractivity contribution in [1.29, 1.82) is 0 Å². The first-order valence-electron chi connectivity index (χ1n) is 7.29. The summed E-state index contributed by atoms with van der Waals surface area (Å²) in [5, 5.41) is 12.1. The summed E-state index contributed by atoms with van der Waals surface area (Å²) in [4.78, 5) is 16.0. The first-order valence-corrected chi connectivity index (χ1v) is 8.27. The molecule has 0 fully saturated rings. The average Bonchev–Trinajstić information content (AvgIpc) is 2.88. The standard InChI is InChI=1S/C16H21N5OS/c1-5-10-21-14(12-6-8-17-9-7-12)19-20-15(21)23-11-13(22)18-16(2,3)4/h5-9H,1,10-11H2,2-4H3,(H,18,22). The fourth-order valence-electron chi connectivity index (χ4n) is 1.99. The van der Waals surface area contributed by atoms with Gasteiger partial charge < -0.3 is 5.32 Å². The van der Waals surface area contributed by atoms with Crippen LogP contribution in [-0.2, 0) is 11.3 Å². The molecular weight excluding hydrogens is 310 g/mol. The van der Waals surface area contributed by atoms with Crippen LogP contribution in [0.3, 0.4) is 0 Å². The molecule has 122 valence electrons. The number of allylic oxidation sites excluding steroid dienone is 1. The first kappa shape index (κ1) is 17.2. The van der Waals surface area contributed by atoms with Crippen LogP contribution in [0.15, 0.2) is 42.3 Å². The summed E-state index contributed by atoms with van der Waals surface area (Å²) in [6.45, 7) is 10.2. The minimum absolute atomic E-state index is 0.0267. The maximum absolute atomic E-state index is 12.0. The van der Waals surface area contributed by atoms with Gasteiger partial charge in [0.05, 0.1) is 5.75 Å². The Hall–Kier alpha value is -2.15. The second-order valence-electron chi connectivity index (χ2n) is 6.03. The lowest BCUT2D eigenvalue weighted by atomic mass is 10.1. The molecule has 2 aromatic rings. The molecule has 0 radical (unpaired) electrons. The van der Waals surface area contributed by atoms with Gasteiger partial charge in [0.1, 0.15) is 0 Å². The Morgan fingerprint density at radius 1 is 1.35 bits per heavy atom. The summed E-state index contributed by atoms with van der Waals surface area (Å²) in [5.41, 5.74) is 0.689. The van der Waals surface area contributed by atoms with Crippen molar-refractivity contribution in [2.75, 3.05) is 5.75 Å². The molecule has 1 amide bonds. The molecule has 0 aromatic carbocycles. The Morgan fingerprint density at radius 2 is 2.04 bits per heavy atom. The van der Waals surface area contributed by atoms with Crippen LogP contribution in [0.5, 0.6) is 0 Å². The van der Waals surface area contributed by atoms with E-state index in [0.717, 1.165) is 11.4 Å². The number of rotatable bonds is 6. The zero-order valence-electron chi connectivity index (χ0n) is 13.6. The number of amides is 1. The minimum Gasteiger partial charge on any atom is -0.351 e. The molecule has 1 N–H and O–H groups in total. The summed E-state index contributed by atoms with van der Waals surface area (Å²) >= 11 is 1.37. The molecular formula is C16H21N5OS. The number of carbonyl (C=O) groups excluding carboxylic acids is 1. The van der Waals surface area contributed by atoms with Crippen LogP contribution in [-0.4, -0.2) is 36.9 Å². The molecule has 0 aliphatic carbocycles. The second-order valence-corrected chi connectivity index (χ2v) is 6.97. The molecule has 0 unspecified atom stereocenters. The molecule has 7 heteroatoms. The highest BCUT2D eigenvalue weighted by molar-refractivity contribution is 7.99. The van der Waals surface area contributed by atoms with E-state index >= 15 is 0 Å². The number of hydrogen-bond acceptors (Lipinski definition) is 5. The largest absolute Gasteiger partial charge is 0.351 e. The quantitative estimate of drug-likeness (QED) is 0.650. The Labute approximate surface area is 140 Å². The van der Waals surface area contributed by atoms with Crippen LogP contribution < -0.4 is 5.32 Å². The Bertz CT molecular complexity index is 676. The Balaban J connectivity index is 2.15. The van der Waals surface area contributed by atoms with Gasteiger partial charge in [-0.2, -0.15) is 0 Å². The molecule has 6 nitrogen and oxygen atoms in total. The lowest BCUT2D eigenvalue weighted by Gasteiger charge is -2.20. The van der Waals surface area contributed by atoms with E-state index in [1.807, 2.05) is 37.5 Å². The van der Waals surface area contributed by atoms with Gasteiger partial charge in [-0.3, -0.25) is 14.3 Å². The van der Waals surface area contributed by atoms with Crippen LogP contribution in [0.25, 0.3) is 11.4 Å². The molecule has 0 atom stereocenters. The number of nitrogens with one attached hydrogen (secondary N) is 1. The number of nitrogens with zero attached hydrogens (tertiary/aromatic N) is 4. The van der Waals surface area contributed by atoms with Gasteiger partial charge in [-0.05, 0) is 32.9 Å². The van der Waals surface area contributed by atoms with Crippen LogP contribution in [0.4, 0.5) is 0 Å². The molecule has 0 spiro atoms. The van der Waals surface area contributed by atoms with E-state index in [-0.39, 0.29) is 11.4 Å². The predicted octanol–water partition coefficient (Wildman–Crippen LogP) is 2.53. The summed E-state index contributed by atoms with van der Waals surface area (Å²) in [5.74, 6) is 1.01. The average molecular weight is 331 g/mol. The number of thioether (sulfide) groups is 1. The highest BCUT2D eigenvalue weighted by atomic mass is 32.2. The zero-order valence-corrected chi connectivity index (χ0v) is 14.4. The maximum Gasteiger partial charge on any atom is 0.230 e. The lowest BCUT2D eigenvalue weighted by molar-refractivity contribution is -0.119. The van der Waals surface area contributed by atoms with E-state index < -0.39 is 0 Å². The van der Waals surface area contributed by atoms with Crippen molar-refractivity contribution in [1.82, 2.24) is 25.1 Å². The summed E-state index contributed by atoms with van der Waals surface area (Å²) in [7, 11) is 0. The van der Waals surface area contributed by atoms with Crippen molar-refractivity contribution in [3.63, 3.8) is 0 Å².